The van der Waals surface area contributed by atoms with Crippen LogP contribution in [0.4, 0.5) is 10.5 Å². The third-order valence-corrected chi connectivity index (χ3v) is 4.84. The van der Waals surface area contributed by atoms with Gasteiger partial charge in [-0.15, -0.1) is 0 Å². The van der Waals surface area contributed by atoms with E-state index in [9.17, 15) is 13.2 Å². The largest absolute Gasteiger partial charge is 0.444 e. The van der Waals surface area contributed by atoms with Crippen molar-refractivity contribution in [3.8, 4) is 0 Å². The summed E-state index contributed by atoms with van der Waals surface area (Å²) in [5.74, 6) is -0.136. The van der Waals surface area contributed by atoms with Crippen LogP contribution in [0.25, 0.3) is 0 Å². The number of carbonyl (C=O) groups excluding carboxylic acids is 1. The molecule has 0 bridgehead atoms. The zero-order chi connectivity index (χ0) is 15.8. The molecule has 1 aromatic rings. The Bertz CT molecular complexity index is 662. The van der Waals surface area contributed by atoms with Crippen molar-refractivity contribution in [1.82, 2.24) is 4.90 Å². The molecule has 6 nitrogen and oxygen atoms in total. The van der Waals surface area contributed by atoms with Crippen molar-refractivity contribution >= 4 is 21.6 Å². The molecule has 1 amide bonds. The molecular weight excluding hydrogens is 292 g/mol. The lowest BCUT2D eigenvalue weighted by molar-refractivity contribution is 0.0247. The number of benzene rings is 1. The van der Waals surface area contributed by atoms with Gasteiger partial charge in [0.2, 0.25) is 0 Å². The molecule has 1 aromatic carbocycles. The van der Waals surface area contributed by atoms with Crippen molar-refractivity contribution in [1.29, 1.82) is 0 Å². The van der Waals surface area contributed by atoms with Gasteiger partial charge in [-0.3, -0.25) is 0 Å². The number of hydrogen-bond donors (Lipinski definition) is 1. The number of fused-ring (bicyclic) bond motifs is 1. The predicted molar refractivity (Wildman–Crippen MR) is 79.6 cm³/mol. The van der Waals surface area contributed by atoms with E-state index in [4.69, 9.17) is 10.5 Å². The summed E-state index contributed by atoms with van der Waals surface area (Å²) in [7, 11) is -3.44. The van der Waals surface area contributed by atoms with Gasteiger partial charge in [-0.1, -0.05) is 6.07 Å². The van der Waals surface area contributed by atoms with Crippen molar-refractivity contribution in [2.45, 2.75) is 37.8 Å². The van der Waals surface area contributed by atoms with E-state index < -0.39 is 21.5 Å². The number of nitrogens with zero attached hydrogens (tertiary/aromatic N) is 1. The van der Waals surface area contributed by atoms with Gasteiger partial charge in [0, 0.05) is 12.2 Å². The van der Waals surface area contributed by atoms with Gasteiger partial charge in [-0.05, 0) is 38.5 Å². The number of carbonyl (C=O) groups is 1. The highest BCUT2D eigenvalue weighted by atomic mass is 32.2. The van der Waals surface area contributed by atoms with E-state index >= 15 is 0 Å². The van der Waals surface area contributed by atoms with E-state index in [2.05, 4.69) is 0 Å². The second kappa shape index (κ2) is 5.22. The summed E-state index contributed by atoms with van der Waals surface area (Å²) in [6.07, 6.45) is -0.512. The van der Waals surface area contributed by atoms with Gasteiger partial charge in [0.1, 0.15) is 5.60 Å². The molecule has 0 atom stereocenters. The Hall–Kier alpha value is -1.76. The molecule has 1 aliphatic heterocycles. The SMILES string of the molecule is CC(C)(C)OC(=O)N1CCS(=O)(=O)c2cc(N)ccc2C1. The number of hydrogen-bond acceptors (Lipinski definition) is 5. The molecule has 2 N–H and O–H groups in total. The van der Waals surface area contributed by atoms with Gasteiger partial charge in [0.25, 0.3) is 0 Å². The minimum Gasteiger partial charge on any atom is -0.444 e. The van der Waals surface area contributed by atoms with Crippen LogP contribution >= 0.6 is 0 Å². The summed E-state index contributed by atoms with van der Waals surface area (Å²) < 4.78 is 29.8. The Morgan fingerprint density at radius 2 is 2.00 bits per heavy atom. The van der Waals surface area contributed by atoms with E-state index in [1.165, 1.54) is 11.0 Å². The second-order valence-electron chi connectivity index (χ2n) is 6.09. The average Bonchev–Trinajstić information content (AvgIpc) is 2.45. The third-order valence-electron chi connectivity index (χ3n) is 3.07. The van der Waals surface area contributed by atoms with Crippen LogP contribution in [0, 0.1) is 0 Å². The minimum absolute atomic E-state index is 0.103. The first-order valence-corrected chi connectivity index (χ1v) is 8.33. The Morgan fingerprint density at radius 1 is 1.33 bits per heavy atom. The average molecular weight is 312 g/mol. The van der Waals surface area contributed by atoms with Crippen LogP contribution in [0.2, 0.25) is 0 Å². The fourth-order valence-electron chi connectivity index (χ4n) is 2.10. The highest BCUT2D eigenvalue weighted by Gasteiger charge is 2.30. The molecule has 2 rings (SSSR count). The Labute approximate surface area is 124 Å². The summed E-state index contributed by atoms with van der Waals surface area (Å²) in [5, 5.41) is 0. The number of rotatable bonds is 0. The maximum atomic E-state index is 12.3. The summed E-state index contributed by atoms with van der Waals surface area (Å²) in [4.78, 5) is 13.7. The van der Waals surface area contributed by atoms with Gasteiger partial charge in [0.15, 0.2) is 9.84 Å². The summed E-state index contributed by atoms with van der Waals surface area (Å²) in [6, 6.07) is 4.72. The number of nitrogen functional groups attached to an aromatic ring is 1. The van der Waals surface area contributed by atoms with Gasteiger partial charge >= 0.3 is 6.09 Å². The summed E-state index contributed by atoms with van der Waals surface area (Å²) in [6.45, 7) is 5.62. The monoisotopic (exact) mass is 312 g/mol. The van der Waals surface area contributed by atoms with E-state index in [1.807, 2.05) is 0 Å². The molecule has 0 spiro atoms. The van der Waals surface area contributed by atoms with Gasteiger partial charge < -0.3 is 15.4 Å². The number of ether oxygens (including phenoxy) is 1. The van der Waals surface area contributed by atoms with Crippen molar-refractivity contribution in [3.63, 3.8) is 0 Å². The minimum atomic E-state index is -3.44. The van der Waals surface area contributed by atoms with Crippen molar-refractivity contribution in [3.05, 3.63) is 23.8 Å². The first-order chi connectivity index (χ1) is 9.58. The van der Waals surface area contributed by atoms with E-state index in [0.717, 1.165) is 0 Å². The van der Waals surface area contributed by atoms with Crippen LogP contribution < -0.4 is 5.73 Å². The molecule has 0 aromatic heterocycles. The lowest BCUT2D eigenvalue weighted by Crippen LogP contribution is -2.37. The highest BCUT2D eigenvalue weighted by Crippen LogP contribution is 2.25. The first-order valence-electron chi connectivity index (χ1n) is 6.67. The van der Waals surface area contributed by atoms with E-state index in [1.54, 1.807) is 32.9 Å². The lowest BCUT2D eigenvalue weighted by Gasteiger charge is -2.26. The Balaban J connectivity index is 2.33. The van der Waals surface area contributed by atoms with Crippen molar-refractivity contribution in [2.75, 3.05) is 18.0 Å². The van der Waals surface area contributed by atoms with Crippen LogP contribution in [-0.2, 0) is 21.1 Å². The topological polar surface area (TPSA) is 89.7 Å². The number of nitrogens with two attached hydrogens (primary N) is 1. The fourth-order valence-corrected chi connectivity index (χ4v) is 3.63. The van der Waals surface area contributed by atoms with E-state index in [-0.39, 0.29) is 23.7 Å². The Morgan fingerprint density at radius 3 is 2.62 bits per heavy atom. The number of anilines is 1. The predicted octanol–water partition coefficient (Wildman–Crippen LogP) is 1.79. The molecule has 1 heterocycles. The van der Waals surface area contributed by atoms with Crippen LogP contribution in [0.5, 0.6) is 0 Å². The van der Waals surface area contributed by atoms with Gasteiger partial charge in [-0.25, -0.2) is 13.2 Å². The zero-order valence-corrected chi connectivity index (χ0v) is 13.2. The second-order valence-corrected chi connectivity index (χ2v) is 8.17. The fraction of sp³-hybridized carbons (Fsp3) is 0.500. The van der Waals surface area contributed by atoms with Crippen LogP contribution in [0.3, 0.4) is 0 Å². The standard InChI is InChI=1S/C14H20N2O4S/c1-14(2,3)20-13(17)16-6-7-21(18,19)12-8-11(15)5-4-10(12)9-16/h4-5,8H,6-7,9,15H2,1-3H3. The normalized spacial score (nSPS) is 17.8. The maximum absolute atomic E-state index is 12.3. The van der Waals surface area contributed by atoms with Gasteiger partial charge in [0.05, 0.1) is 17.2 Å². The third kappa shape index (κ3) is 3.66. The van der Waals surface area contributed by atoms with Gasteiger partial charge in [-0.2, -0.15) is 0 Å². The molecule has 116 valence electrons. The number of amides is 1. The summed E-state index contributed by atoms with van der Waals surface area (Å²) >= 11 is 0. The first kappa shape index (κ1) is 15.6. The van der Waals surface area contributed by atoms with E-state index in [0.29, 0.717) is 11.3 Å². The van der Waals surface area contributed by atoms with Crippen LogP contribution in [-0.4, -0.2) is 37.3 Å². The van der Waals surface area contributed by atoms with Crippen molar-refractivity contribution < 1.29 is 17.9 Å². The summed E-state index contributed by atoms with van der Waals surface area (Å²) in [5.41, 5.74) is 6.00. The number of sulfone groups is 1. The molecular formula is C14H20N2O4S. The molecule has 21 heavy (non-hydrogen) atoms. The Kier molecular flexibility index (Phi) is 3.88. The highest BCUT2D eigenvalue weighted by molar-refractivity contribution is 7.91. The molecule has 0 aliphatic carbocycles. The molecule has 0 saturated carbocycles. The van der Waals surface area contributed by atoms with Crippen molar-refractivity contribution in [2.24, 2.45) is 0 Å². The van der Waals surface area contributed by atoms with Crippen LogP contribution in [0.1, 0.15) is 26.3 Å². The van der Waals surface area contributed by atoms with Crippen LogP contribution in [0.15, 0.2) is 23.1 Å². The molecule has 0 fully saturated rings. The zero-order valence-electron chi connectivity index (χ0n) is 12.4. The lowest BCUT2D eigenvalue weighted by atomic mass is 10.2. The maximum Gasteiger partial charge on any atom is 0.410 e. The molecule has 1 aliphatic rings. The molecule has 0 radical (unpaired) electrons. The molecule has 7 heteroatoms. The quantitative estimate of drug-likeness (QED) is 0.738. The molecule has 0 saturated heterocycles. The molecule has 0 unspecified atom stereocenters. The smallest absolute Gasteiger partial charge is 0.410 e.